The van der Waals surface area contributed by atoms with E-state index < -0.39 is 72.8 Å². The second-order valence-electron chi connectivity index (χ2n) is 5.83. The van der Waals surface area contributed by atoms with Crippen LogP contribution < -0.4 is 5.32 Å². The van der Waals surface area contributed by atoms with Gasteiger partial charge in [-0.1, -0.05) is 0 Å². The van der Waals surface area contributed by atoms with Crippen LogP contribution >= 0.6 is 0 Å². The van der Waals surface area contributed by atoms with Gasteiger partial charge in [0.2, 0.25) is 0 Å². The van der Waals surface area contributed by atoms with Gasteiger partial charge in [-0.15, -0.1) is 0 Å². The molecule has 0 saturated heterocycles. The first kappa shape index (κ1) is 28.9. The topological polar surface area (TPSA) is 107 Å². The van der Waals surface area contributed by atoms with Gasteiger partial charge in [-0.3, -0.25) is 9.59 Å². The summed E-state index contributed by atoms with van der Waals surface area (Å²) >= 11 is 0. The van der Waals surface area contributed by atoms with Crippen molar-refractivity contribution in [3.05, 3.63) is 0 Å². The SMILES string of the molecule is O=C(O)C[C@H](NC[C@@H](O)C(F)(F)C(F)(F)C(F)(F)C(F)(F)C(F)(F)C(F)(F)F)C(=O)O. The zero-order valence-electron chi connectivity index (χ0n) is 14.1. The van der Waals surface area contributed by atoms with Crippen molar-refractivity contribution in [1.82, 2.24) is 5.32 Å². The van der Waals surface area contributed by atoms with E-state index >= 15 is 0 Å². The van der Waals surface area contributed by atoms with Crippen LogP contribution in [0.4, 0.5) is 57.1 Å². The summed E-state index contributed by atoms with van der Waals surface area (Å²) in [5.74, 6) is -42.9. The van der Waals surface area contributed by atoms with Gasteiger partial charge in [0, 0.05) is 6.54 Å². The quantitative estimate of drug-likeness (QED) is 0.329. The zero-order chi connectivity index (χ0) is 25.4. The molecule has 0 aliphatic carbocycles. The Morgan fingerprint density at radius 1 is 0.710 bits per heavy atom. The van der Waals surface area contributed by atoms with E-state index in [4.69, 9.17) is 15.3 Å². The van der Waals surface area contributed by atoms with E-state index in [1.165, 1.54) is 5.32 Å². The molecule has 6 nitrogen and oxygen atoms in total. The van der Waals surface area contributed by atoms with E-state index in [2.05, 4.69) is 0 Å². The smallest absolute Gasteiger partial charge is 0.460 e. The van der Waals surface area contributed by atoms with Crippen molar-refractivity contribution in [3.63, 3.8) is 0 Å². The van der Waals surface area contributed by atoms with E-state index in [0.717, 1.165) is 0 Å². The van der Waals surface area contributed by atoms with Crippen LogP contribution in [0.15, 0.2) is 0 Å². The molecule has 4 N–H and O–H groups in total. The molecule has 2 atom stereocenters. The molecule has 0 fully saturated rings. The molecule has 0 aromatic rings. The van der Waals surface area contributed by atoms with Crippen molar-refractivity contribution in [1.29, 1.82) is 0 Å². The molecule has 31 heavy (non-hydrogen) atoms. The highest BCUT2D eigenvalue weighted by Gasteiger charge is 2.91. The largest absolute Gasteiger partial charge is 0.481 e. The van der Waals surface area contributed by atoms with Crippen LogP contribution in [-0.4, -0.2) is 81.7 Å². The fourth-order valence-electron chi connectivity index (χ4n) is 1.79. The summed E-state index contributed by atoms with van der Waals surface area (Å²) in [4.78, 5) is 21.0. The number of aliphatic carboxylic acids is 2. The van der Waals surface area contributed by atoms with Crippen LogP contribution in [0.2, 0.25) is 0 Å². The summed E-state index contributed by atoms with van der Waals surface area (Å²) in [5.41, 5.74) is 0. The maximum atomic E-state index is 13.6. The number of aliphatic hydroxyl groups is 1. The van der Waals surface area contributed by atoms with Crippen LogP contribution in [0.25, 0.3) is 0 Å². The molecule has 0 aliphatic heterocycles. The molecular formula is C12H10F13NO5. The maximum Gasteiger partial charge on any atom is 0.460 e. The van der Waals surface area contributed by atoms with Gasteiger partial charge in [0.25, 0.3) is 0 Å². The van der Waals surface area contributed by atoms with Crippen molar-refractivity contribution >= 4 is 11.9 Å². The zero-order valence-corrected chi connectivity index (χ0v) is 14.1. The first-order valence-electron chi connectivity index (χ1n) is 7.21. The molecule has 0 aromatic heterocycles. The third-order valence-electron chi connectivity index (χ3n) is 3.61. The highest BCUT2D eigenvalue weighted by atomic mass is 19.4. The summed E-state index contributed by atoms with van der Waals surface area (Å²) in [5, 5.41) is 27.0. The summed E-state index contributed by atoms with van der Waals surface area (Å²) < 4.78 is 168. The number of nitrogens with one attached hydrogen (secondary N) is 1. The molecule has 0 bridgehead atoms. The average molecular weight is 495 g/mol. The van der Waals surface area contributed by atoms with Crippen molar-refractivity contribution < 1.29 is 82.0 Å². The number of rotatable bonds is 11. The van der Waals surface area contributed by atoms with Crippen LogP contribution in [0.3, 0.4) is 0 Å². The molecular weight excluding hydrogens is 485 g/mol. The number of carbonyl (C=O) groups is 2. The third-order valence-corrected chi connectivity index (χ3v) is 3.61. The molecule has 0 rings (SSSR count). The Morgan fingerprint density at radius 3 is 1.42 bits per heavy atom. The van der Waals surface area contributed by atoms with Gasteiger partial charge in [0.15, 0.2) is 0 Å². The molecule has 0 saturated carbocycles. The molecule has 19 heteroatoms. The molecule has 0 aliphatic rings. The Hall–Kier alpha value is -2.05. The van der Waals surface area contributed by atoms with Crippen molar-refractivity contribution in [2.75, 3.05) is 6.54 Å². The standard InChI is InChI=1S/C12H10F13NO5/c13-7(14,4(27)2-26-3(6(30)31)1-5(28)29)8(15,16)9(17,18)10(19,20)11(21,22)12(23,24)25/h3-4,26-27H,1-2H2,(H,28,29)(H,30,31)/t3-,4+/m0/s1. The number of hydrogen-bond acceptors (Lipinski definition) is 4. The Labute approximate surface area is 161 Å². The van der Waals surface area contributed by atoms with Gasteiger partial charge in [-0.2, -0.15) is 57.1 Å². The first-order chi connectivity index (χ1) is 13.4. The minimum absolute atomic E-state index is 1.17. The van der Waals surface area contributed by atoms with E-state index in [1.54, 1.807) is 0 Å². The molecule has 0 heterocycles. The van der Waals surface area contributed by atoms with E-state index in [-0.39, 0.29) is 0 Å². The predicted molar refractivity (Wildman–Crippen MR) is 68.5 cm³/mol. The normalized spacial score (nSPS) is 16.7. The summed E-state index contributed by atoms with van der Waals surface area (Å²) in [7, 11) is 0. The Kier molecular flexibility index (Phi) is 7.91. The lowest BCUT2D eigenvalue weighted by atomic mass is 9.91. The number of carboxylic acid groups (broad SMARTS) is 2. The van der Waals surface area contributed by atoms with E-state index in [1.807, 2.05) is 0 Å². The van der Waals surface area contributed by atoms with Gasteiger partial charge in [-0.05, 0) is 0 Å². The van der Waals surface area contributed by atoms with Gasteiger partial charge in [0.05, 0.1) is 6.42 Å². The van der Waals surface area contributed by atoms with Crippen LogP contribution in [0.1, 0.15) is 6.42 Å². The van der Waals surface area contributed by atoms with E-state index in [0.29, 0.717) is 0 Å². The number of carboxylic acids is 2. The Balaban J connectivity index is 5.99. The number of hydrogen-bond donors (Lipinski definition) is 4. The predicted octanol–water partition coefficient (Wildman–Crippen LogP) is 2.60. The molecule has 0 aromatic carbocycles. The Morgan fingerprint density at radius 2 is 1.10 bits per heavy atom. The summed E-state index contributed by atoms with van der Waals surface area (Å²) in [6.07, 6.45) is -13.3. The van der Waals surface area contributed by atoms with Gasteiger partial charge in [-0.25, -0.2) is 0 Å². The van der Waals surface area contributed by atoms with Gasteiger partial charge < -0.3 is 20.6 Å². The average Bonchev–Trinajstić information content (AvgIpc) is 2.55. The van der Waals surface area contributed by atoms with Crippen LogP contribution in [-0.2, 0) is 9.59 Å². The fraction of sp³-hybridized carbons (Fsp3) is 0.833. The van der Waals surface area contributed by atoms with E-state index in [9.17, 15) is 66.7 Å². The monoisotopic (exact) mass is 495 g/mol. The number of halogens is 13. The highest BCUT2D eigenvalue weighted by molar-refractivity contribution is 5.80. The molecule has 0 unspecified atom stereocenters. The van der Waals surface area contributed by atoms with Crippen LogP contribution in [0, 0.1) is 0 Å². The second kappa shape index (κ2) is 8.47. The fourth-order valence-corrected chi connectivity index (χ4v) is 1.79. The minimum atomic E-state index is -8.15. The highest BCUT2D eigenvalue weighted by Crippen LogP contribution is 2.60. The van der Waals surface area contributed by atoms with Gasteiger partial charge >= 0.3 is 47.7 Å². The third kappa shape index (κ3) is 4.90. The van der Waals surface area contributed by atoms with Crippen molar-refractivity contribution in [2.45, 2.75) is 54.4 Å². The second-order valence-corrected chi connectivity index (χ2v) is 5.83. The van der Waals surface area contributed by atoms with Crippen molar-refractivity contribution in [2.24, 2.45) is 0 Å². The number of aliphatic hydroxyl groups excluding tert-OH is 1. The number of alkyl halides is 13. The molecule has 0 spiro atoms. The Bertz CT molecular complexity index is 678. The molecule has 184 valence electrons. The van der Waals surface area contributed by atoms with Crippen LogP contribution in [0.5, 0.6) is 0 Å². The summed E-state index contributed by atoms with van der Waals surface area (Å²) in [6, 6.07) is -2.42. The lowest BCUT2D eigenvalue weighted by molar-refractivity contribution is -0.444. The molecule has 0 amide bonds. The summed E-state index contributed by atoms with van der Waals surface area (Å²) in [6.45, 7) is -2.22. The maximum absolute atomic E-state index is 13.6. The minimum Gasteiger partial charge on any atom is -0.481 e. The lowest BCUT2D eigenvalue weighted by Crippen LogP contribution is -2.72. The lowest BCUT2D eigenvalue weighted by Gasteiger charge is -2.40. The molecule has 0 radical (unpaired) electrons. The first-order valence-corrected chi connectivity index (χ1v) is 7.21. The van der Waals surface area contributed by atoms with Gasteiger partial charge in [0.1, 0.15) is 12.1 Å². The van der Waals surface area contributed by atoms with Crippen molar-refractivity contribution in [3.8, 4) is 0 Å².